The predicted molar refractivity (Wildman–Crippen MR) is 175 cm³/mol. The molecule has 242 valence electrons. The third kappa shape index (κ3) is 9.17. The standard InChI is InChI=1S/C36H48N4O5/c1-2-3-21-45-30-14-12-29(13-15-30)37-33(41)26-40-20-16-31-28(25-40)11-7-8-17-36(18-22-44-23-19-36)35(43)39-32(34(42)38-31)24-27-9-5-4-6-10-27/h4-10,12-15,28,31-32H,2-3,11,16-26H2,1H3,(H,37,41)(H,38,42)(H,39,43)/b8-7+/t28-,31+,32-/m1/s1. The average molecular weight is 617 g/mol. The van der Waals surface area contributed by atoms with Gasteiger partial charge in [0.1, 0.15) is 11.8 Å². The number of nitrogens with zero attached hydrogens (tertiary/aromatic N) is 1. The molecule has 9 heteroatoms. The molecule has 2 aromatic rings. The number of carbonyl (C=O) groups is 3. The Morgan fingerprint density at radius 3 is 2.58 bits per heavy atom. The number of piperidine rings is 1. The number of anilines is 1. The summed E-state index contributed by atoms with van der Waals surface area (Å²) in [7, 11) is 0. The zero-order chi connectivity index (χ0) is 31.5. The highest BCUT2D eigenvalue weighted by Crippen LogP contribution is 2.36. The Hall–Kier alpha value is -3.69. The number of unbranched alkanes of at least 4 members (excludes halogenated alkanes) is 1. The second-order valence-electron chi connectivity index (χ2n) is 12.7. The quantitative estimate of drug-likeness (QED) is 0.283. The van der Waals surface area contributed by atoms with Crippen LogP contribution in [0.3, 0.4) is 0 Å². The summed E-state index contributed by atoms with van der Waals surface area (Å²) < 4.78 is 11.3. The normalized spacial score (nSPS) is 24.7. The second kappa shape index (κ2) is 16.0. The van der Waals surface area contributed by atoms with Crippen molar-refractivity contribution in [1.29, 1.82) is 0 Å². The van der Waals surface area contributed by atoms with E-state index in [4.69, 9.17) is 9.47 Å². The molecule has 0 unspecified atom stereocenters. The Balaban J connectivity index is 1.25. The summed E-state index contributed by atoms with van der Waals surface area (Å²) in [6.07, 6.45) is 10.2. The molecule has 0 bridgehead atoms. The van der Waals surface area contributed by atoms with Crippen LogP contribution in [0.2, 0.25) is 0 Å². The van der Waals surface area contributed by atoms with Crippen LogP contribution in [0, 0.1) is 11.3 Å². The molecule has 5 rings (SSSR count). The van der Waals surface area contributed by atoms with Crippen molar-refractivity contribution in [3.8, 4) is 5.75 Å². The third-order valence-corrected chi connectivity index (χ3v) is 9.37. The van der Waals surface area contributed by atoms with Gasteiger partial charge in [0, 0.05) is 44.5 Å². The van der Waals surface area contributed by atoms with E-state index in [1.807, 2.05) is 54.6 Å². The number of allylic oxidation sites excluding steroid dienone is 2. The van der Waals surface area contributed by atoms with Crippen LogP contribution in [0.4, 0.5) is 5.69 Å². The number of benzene rings is 2. The van der Waals surface area contributed by atoms with E-state index in [-0.39, 0.29) is 36.2 Å². The zero-order valence-electron chi connectivity index (χ0n) is 26.5. The lowest BCUT2D eigenvalue weighted by Gasteiger charge is -2.40. The minimum Gasteiger partial charge on any atom is -0.494 e. The highest BCUT2D eigenvalue weighted by Gasteiger charge is 2.41. The van der Waals surface area contributed by atoms with Crippen LogP contribution in [-0.4, -0.2) is 74.2 Å². The molecule has 0 saturated carbocycles. The van der Waals surface area contributed by atoms with E-state index in [0.29, 0.717) is 58.6 Å². The summed E-state index contributed by atoms with van der Waals surface area (Å²) in [6.45, 7) is 5.57. The molecule has 9 nitrogen and oxygen atoms in total. The van der Waals surface area contributed by atoms with Gasteiger partial charge in [-0.25, -0.2) is 0 Å². The molecule has 3 aliphatic rings. The SMILES string of the molecule is CCCCOc1ccc(NC(=O)CN2CC[C@@H]3NC(=O)[C@@H](Cc4ccccc4)NC(=O)C4(C/C=C/C[C@@H]3C2)CCOCC4)cc1. The monoisotopic (exact) mass is 616 g/mol. The van der Waals surface area contributed by atoms with E-state index in [9.17, 15) is 14.4 Å². The van der Waals surface area contributed by atoms with E-state index in [0.717, 1.165) is 42.7 Å². The van der Waals surface area contributed by atoms with Gasteiger partial charge in [0.2, 0.25) is 17.7 Å². The number of rotatable bonds is 9. The summed E-state index contributed by atoms with van der Waals surface area (Å²) >= 11 is 0. The maximum atomic E-state index is 13.8. The van der Waals surface area contributed by atoms with Crippen LogP contribution in [0.5, 0.6) is 5.75 Å². The maximum absolute atomic E-state index is 13.8. The van der Waals surface area contributed by atoms with Crippen molar-refractivity contribution in [2.75, 3.05) is 44.8 Å². The van der Waals surface area contributed by atoms with Gasteiger partial charge >= 0.3 is 0 Å². The molecule has 45 heavy (non-hydrogen) atoms. The summed E-state index contributed by atoms with van der Waals surface area (Å²) in [5.74, 6) is 0.664. The minimum atomic E-state index is -0.670. The molecule has 3 heterocycles. The number of hydrogen-bond acceptors (Lipinski definition) is 6. The fraction of sp³-hybridized carbons (Fsp3) is 0.528. The molecule has 3 aliphatic heterocycles. The lowest BCUT2D eigenvalue weighted by Crippen LogP contribution is -2.58. The predicted octanol–water partition coefficient (Wildman–Crippen LogP) is 4.49. The van der Waals surface area contributed by atoms with Gasteiger partial charge in [-0.3, -0.25) is 19.3 Å². The minimum absolute atomic E-state index is 0.0478. The van der Waals surface area contributed by atoms with E-state index >= 15 is 0 Å². The molecular weight excluding hydrogens is 568 g/mol. The number of ether oxygens (including phenoxy) is 2. The molecule has 3 atom stereocenters. The van der Waals surface area contributed by atoms with Crippen molar-refractivity contribution in [3.63, 3.8) is 0 Å². The summed E-state index contributed by atoms with van der Waals surface area (Å²) in [5.41, 5.74) is 1.16. The number of likely N-dealkylation sites (tertiary alicyclic amines) is 1. The largest absolute Gasteiger partial charge is 0.494 e. The van der Waals surface area contributed by atoms with Crippen molar-refractivity contribution in [1.82, 2.24) is 15.5 Å². The Morgan fingerprint density at radius 2 is 1.82 bits per heavy atom. The molecule has 3 amide bonds. The van der Waals surface area contributed by atoms with E-state index in [1.54, 1.807) is 0 Å². The number of fused-ring (bicyclic) bond motifs is 1. The van der Waals surface area contributed by atoms with E-state index in [2.05, 4.69) is 39.9 Å². The maximum Gasteiger partial charge on any atom is 0.243 e. The van der Waals surface area contributed by atoms with E-state index < -0.39 is 11.5 Å². The molecule has 1 spiro atoms. The van der Waals surface area contributed by atoms with Crippen molar-refractivity contribution >= 4 is 23.4 Å². The van der Waals surface area contributed by atoms with Gasteiger partial charge in [-0.2, -0.15) is 0 Å². The molecule has 2 fully saturated rings. The molecule has 0 aromatic heterocycles. The van der Waals surface area contributed by atoms with Crippen LogP contribution in [0.25, 0.3) is 0 Å². The highest BCUT2D eigenvalue weighted by molar-refractivity contribution is 5.92. The molecule has 2 aromatic carbocycles. The van der Waals surface area contributed by atoms with Crippen LogP contribution in [-0.2, 0) is 25.5 Å². The topological polar surface area (TPSA) is 109 Å². The smallest absolute Gasteiger partial charge is 0.243 e. The first kappa shape index (κ1) is 32.7. The highest BCUT2D eigenvalue weighted by atomic mass is 16.5. The van der Waals surface area contributed by atoms with Gasteiger partial charge in [0.25, 0.3) is 0 Å². The first-order valence-corrected chi connectivity index (χ1v) is 16.6. The van der Waals surface area contributed by atoms with Crippen molar-refractivity contribution < 1.29 is 23.9 Å². The van der Waals surface area contributed by atoms with Crippen LogP contribution in [0.15, 0.2) is 66.7 Å². The Bertz CT molecular complexity index is 1290. The number of hydrogen-bond donors (Lipinski definition) is 3. The van der Waals surface area contributed by atoms with Gasteiger partial charge in [-0.15, -0.1) is 0 Å². The Kier molecular flexibility index (Phi) is 11.7. The van der Waals surface area contributed by atoms with Gasteiger partial charge in [-0.1, -0.05) is 55.8 Å². The Labute approximate surface area is 267 Å². The van der Waals surface area contributed by atoms with Crippen molar-refractivity contribution in [2.24, 2.45) is 11.3 Å². The lowest BCUT2D eigenvalue weighted by atomic mass is 9.75. The first-order valence-electron chi connectivity index (χ1n) is 16.6. The number of amides is 3. The molecule has 0 aliphatic carbocycles. The van der Waals surface area contributed by atoms with Gasteiger partial charge in [-0.05, 0) is 74.3 Å². The fourth-order valence-electron chi connectivity index (χ4n) is 6.57. The molecule has 2 saturated heterocycles. The summed E-state index contributed by atoms with van der Waals surface area (Å²) in [4.78, 5) is 42.7. The zero-order valence-corrected chi connectivity index (χ0v) is 26.5. The van der Waals surface area contributed by atoms with Gasteiger partial charge in [0.15, 0.2) is 0 Å². The van der Waals surface area contributed by atoms with Crippen molar-refractivity contribution in [3.05, 3.63) is 72.3 Å². The fourth-order valence-corrected chi connectivity index (χ4v) is 6.57. The third-order valence-electron chi connectivity index (χ3n) is 9.37. The summed E-state index contributed by atoms with van der Waals surface area (Å²) in [5, 5.41) is 9.47. The van der Waals surface area contributed by atoms with E-state index in [1.165, 1.54) is 0 Å². The second-order valence-corrected chi connectivity index (χ2v) is 12.7. The lowest BCUT2D eigenvalue weighted by molar-refractivity contribution is -0.140. The summed E-state index contributed by atoms with van der Waals surface area (Å²) in [6, 6.07) is 16.6. The number of carbonyl (C=O) groups excluding carboxylic acids is 3. The molecule has 3 N–H and O–H groups in total. The van der Waals surface area contributed by atoms with Crippen molar-refractivity contribution in [2.45, 2.75) is 70.4 Å². The van der Waals surface area contributed by atoms with Gasteiger partial charge in [0.05, 0.1) is 18.6 Å². The molecular formula is C36H48N4O5. The first-order chi connectivity index (χ1) is 21.9. The van der Waals surface area contributed by atoms with Crippen LogP contribution < -0.4 is 20.7 Å². The average Bonchev–Trinajstić information content (AvgIpc) is 3.05. The van der Waals surface area contributed by atoms with Crippen LogP contribution in [0.1, 0.15) is 57.4 Å². The van der Waals surface area contributed by atoms with Crippen LogP contribution >= 0.6 is 0 Å². The van der Waals surface area contributed by atoms with Gasteiger partial charge < -0.3 is 25.4 Å². The molecule has 0 radical (unpaired) electrons. The Morgan fingerprint density at radius 1 is 1.04 bits per heavy atom. The number of nitrogens with one attached hydrogen (secondary N) is 3.